The monoisotopic (exact) mass is 190 g/mol. The maximum Gasteiger partial charge on any atom is 0.354 e. The molecular formula is C10H10N2O2. The molecule has 1 heterocycles. The molecule has 0 atom stereocenters. The predicted octanol–water partition coefficient (Wildman–Crippen LogP) is 1.91. The summed E-state index contributed by atoms with van der Waals surface area (Å²) in [6.07, 6.45) is 0. The van der Waals surface area contributed by atoms with Crippen molar-refractivity contribution in [2.75, 3.05) is 12.4 Å². The van der Waals surface area contributed by atoms with Crippen LogP contribution in [0.15, 0.2) is 24.3 Å². The van der Waals surface area contributed by atoms with Crippen molar-refractivity contribution in [1.82, 2.24) is 4.98 Å². The van der Waals surface area contributed by atoms with Gasteiger partial charge < -0.3 is 15.4 Å². The minimum atomic E-state index is -0.953. The molecule has 0 bridgehead atoms. The maximum atomic E-state index is 10.9. The Labute approximate surface area is 80.6 Å². The molecule has 0 amide bonds. The zero-order valence-electron chi connectivity index (χ0n) is 7.66. The number of carbonyl (C=O) groups is 1. The van der Waals surface area contributed by atoms with E-state index >= 15 is 0 Å². The lowest BCUT2D eigenvalue weighted by Gasteiger charge is -1.98. The van der Waals surface area contributed by atoms with Crippen molar-refractivity contribution >= 4 is 22.6 Å². The van der Waals surface area contributed by atoms with Crippen LogP contribution < -0.4 is 5.32 Å². The van der Waals surface area contributed by atoms with Crippen molar-refractivity contribution in [2.24, 2.45) is 0 Å². The van der Waals surface area contributed by atoms with E-state index in [0.717, 1.165) is 10.9 Å². The normalized spacial score (nSPS) is 10.4. The molecule has 72 valence electrons. The van der Waals surface area contributed by atoms with Crippen LogP contribution in [-0.2, 0) is 0 Å². The van der Waals surface area contributed by atoms with E-state index in [0.29, 0.717) is 5.69 Å². The van der Waals surface area contributed by atoms with Gasteiger partial charge in [-0.3, -0.25) is 0 Å². The van der Waals surface area contributed by atoms with Crippen molar-refractivity contribution < 1.29 is 9.90 Å². The Morgan fingerprint density at radius 1 is 1.43 bits per heavy atom. The molecule has 0 aliphatic rings. The fraction of sp³-hybridized carbons (Fsp3) is 0.100. The summed E-state index contributed by atoms with van der Waals surface area (Å²) in [5.41, 5.74) is 1.66. The topological polar surface area (TPSA) is 65.1 Å². The second-order valence-corrected chi connectivity index (χ2v) is 2.98. The molecule has 1 aromatic carbocycles. The molecule has 1 aromatic heterocycles. The number of aromatic carboxylic acids is 1. The Morgan fingerprint density at radius 3 is 2.79 bits per heavy atom. The van der Waals surface area contributed by atoms with Crippen molar-refractivity contribution in [2.45, 2.75) is 0 Å². The summed E-state index contributed by atoms with van der Waals surface area (Å²) >= 11 is 0. The molecular weight excluding hydrogens is 180 g/mol. The van der Waals surface area contributed by atoms with E-state index in [1.54, 1.807) is 7.05 Å². The molecule has 0 unspecified atom stereocenters. The van der Waals surface area contributed by atoms with E-state index < -0.39 is 5.97 Å². The number of para-hydroxylation sites is 1. The molecule has 4 nitrogen and oxygen atoms in total. The van der Waals surface area contributed by atoms with Gasteiger partial charge in [-0.05, 0) is 6.07 Å². The zero-order chi connectivity index (χ0) is 10.1. The molecule has 14 heavy (non-hydrogen) atoms. The number of anilines is 1. The number of hydrogen-bond acceptors (Lipinski definition) is 2. The average molecular weight is 190 g/mol. The van der Waals surface area contributed by atoms with E-state index in [1.807, 2.05) is 24.3 Å². The Morgan fingerprint density at radius 2 is 2.14 bits per heavy atom. The molecule has 4 heteroatoms. The van der Waals surface area contributed by atoms with Crippen LogP contribution in [0.25, 0.3) is 10.9 Å². The zero-order valence-corrected chi connectivity index (χ0v) is 7.66. The van der Waals surface area contributed by atoms with Gasteiger partial charge in [0.25, 0.3) is 0 Å². The van der Waals surface area contributed by atoms with Crippen LogP contribution in [0.3, 0.4) is 0 Å². The largest absolute Gasteiger partial charge is 0.477 e. The second kappa shape index (κ2) is 3.06. The highest BCUT2D eigenvalue weighted by Gasteiger charge is 2.14. The first-order valence-corrected chi connectivity index (χ1v) is 4.26. The number of fused-ring (bicyclic) bond motifs is 1. The van der Waals surface area contributed by atoms with E-state index in [2.05, 4.69) is 10.3 Å². The van der Waals surface area contributed by atoms with Gasteiger partial charge in [0.2, 0.25) is 0 Å². The smallest absolute Gasteiger partial charge is 0.354 e. The van der Waals surface area contributed by atoms with Gasteiger partial charge in [-0.15, -0.1) is 0 Å². The Hall–Kier alpha value is -1.97. The van der Waals surface area contributed by atoms with Gasteiger partial charge >= 0.3 is 5.97 Å². The molecule has 0 radical (unpaired) electrons. The van der Waals surface area contributed by atoms with Gasteiger partial charge in [0.1, 0.15) is 5.69 Å². The summed E-state index contributed by atoms with van der Waals surface area (Å²) in [4.78, 5) is 13.7. The first kappa shape index (κ1) is 8.62. The van der Waals surface area contributed by atoms with Crippen molar-refractivity contribution in [3.63, 3.8) is 0 Å². The number of nitrogens with one attached hydrogen (secondary N) is 2. The number of H-pyrrole nitrogens is 1. The first-order chi connectivity index (χ1) is 6.74. The number of benzene rings is 1. The summed E-state index contributed by atoms with van der Waals surface area (Å²) in [6, 6.07) is 7.47. The highest BCUT2D eigenvalue weighted by molar-refractivity contribution is 6.05. The number of hydrogen-bond donors (Lipinski definition) is 3. The quantitative estimate of drug-likeness (QED) is 0.677. The molecule has 0 aliphatic heterocycles. The minimum absolute atomic E-state index is 0.203. The van der Waals surface area contributed by atoms with E-state index in [1.165, 1.54) is 0 Å². The fourth-order valence-electron chi connectivity index (χ4n) is 1.56. The van der Waals surface area contributed by atoms with Gasteiger partial charge in [-0.1, -0.05) is 18.2 Å². The van der Waals surface area contributed by atoms with Crippen LogP contribution in [0.1, 0.15) is 10.5 Å². The Kier molecular flexibility index (Phi) is 1.89. The number of aromatic nitrogens is 1. The summed E-state index contributed by atoms with van der Waals surface area (Å²) in [5, 5.41) is 12.7. The Bertz CT molecular complexity index is 488. The molecule has 3 N–H and O–H groups in total. The second-order valence-electron chi connectivity index (χ2n) is 2.98. The predicted molar refractivity (Wildman–Crippen MR) is 54.8 cm³/mol. The lowest BCUT2D eigenvalue weighted by Crippen LogP contribution is -2.01. The molecule has 0 aliphatic carbocycles. The van der Waals surface area contributed by atoms with Gasteiger partial charge in [0.15, 0.2) is 0 Å². The highest BCUT2D eigenvalue weighted by Crippen LogP contribution is 2.26. The van der Waals surface area contributed by atoms with Crippen LogP contribution in [0.2, 0.25) is 0 Å². The van der Waals surface area contributed by atoms with Crippen LogP contribution in [-0.4, -0.2) is 23.1 Å². The molecule has 0 fully saturated rings. The summed E-state index contributed by atoms with van der Waals surface area (Å²) in [6.45, 7) is 0. The third-order valence-electron chi connectivity index (χ3n) is 2.17. The molecule has 2 rings (SSSR count). The van der Waals surface area contributed by atoms with Gasteiger partial charge in [0, 0.05) is 18.0 Å². The third kappa shape index (κ3) is 1.12. The standard InChI is InChI=1S/C10H10N2O2/c1-11-8-6-4-2-3-5-7(6)12-9(8)10(13)14/h2-5,11-12H,1H3,(H,13,14). The van der Waals surface area contributed by atoms with Crippen LogP contribution in [0.4, 0.5) is 5.69 Å². The van der Waals surface area contributed by atoms with E-state index in [-0.39, 0.29) is 5.69 Å². The molecule has 0 saturated heterocycles. The number of rotatable bonds is 2. The minimum Gasteiger partial charge on any atom is -0.477 e. The van der Waals surface area contributed by atoms with E-state index in [4.69, 9.17) is 5.11 Å². The fourth-order valence-corrected chi connectivity index (χ4v) is 1.56. The van der Waals surface area contributed by atoms with Gasteiger partial charge in [0.05, 0.1) is 5.69 Å². The van der Waals surface area contributed by atoms with Crippen LogP contribution in [0.5, 0.6) is 0 Å². The summed E-state index contributed by atoms with van der Waals surface area (Å²) in [5.74, 6) is -0.953. The molecule has 0 spiro atoms. The van der Waals surface area contributed by atoms with Crippen LogP contribution in [0, 0.1) is 0 Å². The maximum absolute atomic E-state index is 10.9. The number of carboxylic acids is 1. The van der Waals surface area contributed by atoms with Crippen LogP contribution >= 0.6 is 0 Å². The lowest BCUT2D eigenvalue weighted by molar-refractivity contribution is 0.0692. The molecule has 0 saturated carbocycles. The molecule has 2 aromatic rings. The van der Waals surface area contributed by atoms with Crippen molar-refractivity contribution in [1.29, 1.82) is 0 Å². The SMILES string of the molecule is CNc1c(C(=O)O)[nH]c2ccccc12. The van der Waals surface area contributed by atoms with Crippen molar-refractivity contribution in [3.8, 4) is 0 Å². The average Bonchev–Trinajstić information content (AvgIpc) is 2.56. The van der Waals surface area contributed by atoms with Crippen molar-refractivity contribution in [3.05, 3.63) is 30.0 Å². The highest BCUT2D eigenvalue weighted by atomic mass is 16.4. The van der Waals surface area contributed by atoms with E-state index in [9.17, 15) is 4.79 Å². The summed E-state index contributed by atoms with van der Waals surface area (Å²) in [7, 11) is 1.71. The first-order valence-electron chi connectivity index (χ1n) is 4.26. The summed E-state index contributed by atoms with van der Waals surface area (Å²) < 4.78 is 0. The third-order valence-corrected chi connectivity index (χ3v) is 2.17. The number of aromatic amines is 1. The number of carboxylic acid groups (broad SMARTS) is 1. The lowest BCUT2D eigenvalue weighted by atomic mass is 10.2. The Balaban J connectivity index is 2.78. The van der Waals surface area contributed by atoms with Gasteiger partial charge in [-0.25, -0.2) is 4.79 Å². The van der Waals surface area contributed by atoms with Gasteiger partial charge in [-0.2, -0.15) is 0 Å².